The van der Waals surface area contributed by atoms with Crippen LogP contribution in [0.3, 0.4) is 0 Å². The first-order valence-corrected chi connectivity index (χ1v) is 7.38. The number of rotatable bonds is 7. The van der Waals surface area contributed by atoms with Crippen LogP contribution in [0.2, 0.25) is 0 Å². The predicted molar refractivity (Wildman–Crippen MR) is 81.6 cm³/mol. The molecule has 0 unspecified atom stereocenters. The average Bonchev–Trinajstić information content (AvgIpc) is 2.95. The standard InChI is InChI=1S/C12H16N6O2S/c1-3-4-14-12-16-8(2)10(18(19)20)11(17-12)15-6-9-5-13-7-21-9/h5,7H,3-4,6H2,1-2H3,(H2,14,15,16,17). The Morgan fingerprint density at radius 3 is 2.81 bits per heavy atom. The molecule has 0 spiro atoms. The van der Waals surface area contributed by atoms with Crippen LogP contribution in [-0.4, -0.2) is 26.4 Å². The number of anilines is 2. The number of nitrogens with zero attached hydrogens (tertiary/aromatic N) is 4. The fourth-order valence-corrected chi connectivity index (χ4v) is 2.26. The van der Waals surface area contributed by atoms with Crippen LogP contribution in [0.5, 0.6) is 0 Å². The van der Waals surface area contributed by atoms with E-state index < -0.39 is 4.92 Å². The van der Waals surface area contributed by atoms with Gasteiger partial charge in [-0.1, -0.05) is 6.92 Å². The first kappa shape index (κ1) is 15.1. The molecule has 2 aromatic heterocycles. The van der Waals surface area contributed by atoms with Gasteiger partial charge in [0.15, 0.2) is 0 Å². The number of aromatic nitrogens is 3. The molecular weight excluding hydrogens is 292 g/mol. The number of nitrogens with one attached hydrogen (secondary N) is 2. The molecule has 9 heteroatoms. The maximum atomic E-state index is 11.2. The molecule has 21 heavy (non-hydrogen) atoms. The van der Waals surface area contributed by atoms with Gasteiger partial charge in [-0.05, 0) is 13.3 Å². The summed E-state index contributed by atoms with van der Waals surface area (Å²) in [5.41, 5.74) is 1.95. The summed E-state index contributed by atoms with van der Waals surface area (Å²) in [4.78, 5) is 24.0. The molecule has 2 N–H and O–H groups in total. The lowest BCUT2D eigenvalue weighted by atomic mass is 10.3. The summed E-state index contributed by atoms with van der Waals surface area (Å²) >= 11 is 1.48. The zero-order valence-electron chi connectivity index (χ0n) is 11.8. The highest BCUT2D eigenvalue weighted by Gasteiger charge is 2.21. The summed E-state index contributed by atoms with van der Waals surface area (Å²) in [5.74, 6) is 0.617. The Bertz CT molecular complexity index is 616. The van der Waals surface area contributed by atoms with E-state index in [1.54, 1.807) is 18.6 Å². The molecule has 0 bridgehead atoms. The van der Waals surface area contributed by atoms with Gasteiger partial charge in [0.1, 0.15) is 5.69 Å². The van der Waals surface area contributed by atoms with E-state index in [4.69, 9.17) is 0 Å². The first-order chi connectivity index (χ1) is 10.1. The van der Waals surface area contributed by atoms with E-state index in [9.17, 15) is 10.1 Å². The quantitative estimate of drug-likeness (QED) is 0.598. The molecule has 0 aliphatic heterocycles. The van der Waals surface area contributed by atoms with E-state index in [2.05, 4.69) is 25.6 Å². The van der Waals surface area contributed by atoms with E-state index in [1.165, 1.54) is 11.3 Å². The van der Waals surface area contributed by atoms with E-state index in [-0.39, 0.29) is 11.5 Å². The summed E-state index contributed by atoms with van der Waals surface area (Å²) in [6.07, 6.45) is 2.64. The largest absolute Gasteiger partial charge is 0.359 e. The van der Waals surface area contributed by atoms with E-state index in [0.717, 1.165) is 11.3 Å². The monoisotopic (exact) mass is 308 g/mol. The maximum absolute atomic E-state index is 11.2. The molecule has 0 amide bonds. The van der Waals surface area contributed by atoms with Crippen molar-refractivity contribution in [1.29, 1.82) is 0 Å². The number of aryl methyl sites for hydroxylation is 1. The lowest BCUT2D eigenvalue weighted by molar-refractivity contribution is -0.385. The summed E-state index contributed by atoms with van der Waals surface area (Å²) in [6.45, 7) is 4.78. The minimum Gasteiger partial charge on any atom is -0.359 e. The van der Waals surface area contributed by atoms with E-state index in [0.29, 0.717) is 24.7 Å². The van der Waals surface area contributed by atoms with Crippen molar-refractivity contribution in [2.45, 2.75) is 26.8 Å². The summed E-state index contributed by atoms with van der Waals surface area (Å²) in [5, 5.41) is 17.2. The minimum absolute atomic E-state index is 0.0958. The summed E-state index contributed by atoms with van der Waals surface area (Å²) in [7, 11) is 0. The molecule has 8 nitrogen and oxygen atoms in total. The van der Waals surface area contributed by atoms with Gasteiger partial charge in [0.05, 0.1) is 17.0 Å². The molecule has 2 rings (SSSR count). The second kappa shape index (κ2) is 6.93. The normalized spacial score (nSPS) is 10.4. The SMILES string of the molecule is CCCNc1nc(C)c([N+](=O)[O-])c(NCc2cncs2)n1. The van der Waals surface area contributed by atoms with Crippen LogP contribution in [0.25, 0.3) is 0 Å². The van der Waals surface area contributed by atoms with Crippen LogP contribution < -0.4 is 10.6 Å². The molecule has 0 atom stereocenters. The summed E-state index contributed by atoms with van der Waals surface area (Å²) < 4.78 is 0. The average molecular weight is 308 g/mol. The van der Waals surface area contributed by atoms with E-state index in [1.807, 2.05) is 6.92 Å². The fourth-order valence-electron chi connectivity index (χ4n) is 1.72. The van der Waals surface area contributed by atoms with Gasteiger partial charge in [0, 0.05) is 17.6 Å². The van der Waals surface area contributed by atoms with Crippen LogP contribution in [0.15, 0.2) is 11.7 Å². The Labute approximate surface area is 125 Å². The molecule has 0 radical (unpaired) electrons. The smallest absolute Gasteiger partial charge is 0.332 e. The number of hydrogen-bond acceptors (Lipinski definition) is 8. The van der Waals surface area contributed by atoms with Crippen molar-refractivity contribution in [1.82, 2.24) is 15.0 Å². The Morgan fingerprint density at radius 2 is 2.19 bits per heavy atom. The fraction of sp³-hybridized carbons (Fsp3) is 0.417. The lowest BCUT2D eigenvalue weighted by Crippen LogP contribution is -2.11. The zero-order valence-corrected chi connectivity index (χ0v) is 12.6. The third-order valence-corrected chi connectivity index (χ3v) is 3.47. The van der Waals surface area contributed by atoms with Crippen LogP contribution in [-0.2, 0) is 6.54 Å². The van der Waals surface area contributed by atoms with Gasteiger partial charge in [0.2, 0.25) is 11.8 Å². The molecule has 0 saturated heterocycles. The van der Waals surface area contributed by atoms with Gasteiger partial charge < -0.3 is 10.6 Å². The lowest BCUT2D eigenvalue weighted by Gasteiger charge is -2.09. The first-order valence-electron chi connectivity index (χ1n) is 6.50. The topological polar surface area (TPSA) is 106 Å². The Morgan fingerprint density at radius 1 is 1.38 bits per heavy atom. The van der Waals surface area contributed by atoms with Crippen LogP contribution in [0, 0.1) is 17.0 Å². The second-order valence-electron chi connectivity index (χ2n) is 4.34. The molecule has 0 fully saturated rings. The highest BCUT2D eigenvalue weighted by Crippen LogP contribution is 2.27. The Balaban J connectivity index is 2.25. The van der Waals surface area contributed by atoms with Gasteiger partial charge >= 0.3 is 5.69 Å². The molecule has 0 saturated carbocycles. The third-order valence-electron chi connectivity index (χ3n) is 2.69. The second-order valence-corrected chi connectivity index (χ2v) is 5.31. The predicted octanol–water partition coefficient (Wildman–Crippen LogP) is 2.58. The van der Waals surface area contributed by atoms with E-state index >= 15 is 0 Å². The number of thiazole rings is 1. The highest BCUT2D eigenvalue weighted by atomic mass is 32.1. The van der Waals surface area contributed by atoms with Gasteiger partial charge in [0.25, 0.3) is 0 Å². The van der Waals surface area contributed by atoms with Gasteiger partial charge in [-0.2, -0.15) is 4.98 Å². The molecular formula is C12H16N6O2S. The number of hydrogen-bond donors (Lipinski definition) is 2. The maximum Gasteiger partial charge on any atom is 0.332 e. The van der Waals surface area contributed by atoms with Gasteiger partial charge in [-0.25, -0.2) is 4.98 Å². The minimum atomic E-state index is -0.464. The van der Waals surface area contributed by atoms with Crippen molar-refractivity contribution in [2.24, 2.45) is 0 Å². The van der Waals surface area contributed by atoms with Crippen LogP contribution >= 0.6 is 11.3 Å². The molecule has 0 aromatic carbocycles. The molecule has 112 valence electrons. The van der Waals surface area contributed by atoms with Crippen molar-refractivity contribution in [3.05, 3.63) is 32.4 Å². The molecule has 0 aliphatic carbocycles. The Hall–Kier alpha value is -2.29. The van der Waals surface area contributed by atoms with Crippen molar-refractivity contribution in [2.75, 3.05) is 17.2 Å². The highest BCUT2D eigenvalue weighted by molar-refractivity contribution is 7.09. The van der Waals surface area contributed by atoms with Gasteiger partial charge in [-0.15, -0.1) is 11.3 Å². The van der Waals surface area contributed by atoms with Crippen molar-refractivity contribution in [3.63, 3.8) is 0 Å². The van der Waals surface area contributed by atoms with Crippen molar-refractivity contribution in [3.8, 4) is 0 Å². The zero-order chi connectivity index (χ0) is 15.2. The van der Waals surface area contributed by atoms with Crippen LogP contribution in [0.1, 0.15) is 23.9 Å². The Kier molecular flexibility index (Phi) is 4.99. The molecule has 2 aromatic rings. The summed E-state index contributed by atoms with van der Waals surface area (Å²) in [6, 6.07) is 0. The van der Waals surface area contributed by atoms with Crippen molar-refractivity contribution >= 4 is 28.8 Å². The van der Waals surface area contributed by atoms with Crippen molar-refractivity contribution < 1.29 is 4.92 Å². The van der Waals surface area contributed by atoms with Gasteiger partial charge in [-0.3, -0.25) is 15.1 Å². The molecule has 0 aliphatic rings. The third kappa shape index (κ3) is 3.85. The molecule has 2 heterocycles. The van der Waals surface area contributed by atoms with Crippen LogP contribution in [0.4, 0.5) is 17.5 Å². The number of nitro groups is 1.